The molecule has 1 rings (SSSR count). The summed E-state index contributed by atoms with van der Waals surface area (Å²) in [5, 5.41) is 18.4. The van der Waals surface area contributed by atoms with Crippen molar-refractivity contribution < 1.29 is 15.0 Å². The third-order valence-electron chi connectivity index (χ3n) is 3.29. The Balaban J connectivity index is 2.78. The zero-order valence-electron chi connectivity index (χ0n) is 13.4. The molecule has 0 aliphatic carbocycles. The SMILES string of the molecule is CN(C)CCCCn1cc(O)c(=O)cc1CN(C)CC(=O)O. The lowest BCUT2D eigenvalue weighted by molar-refractivity contribution is -0.138. The second-order valence-electron chi connectivity index (χ2n) is 5.78. The van der Waals surface area contributed by atoms with Crippen LogP contribution in [0.3, 0.4) is 0 Å². The second-order valence-corrected chi connectivity index (χ2v) is 5.78. The normalized spacial score (nSPS) is 11.3. The van der Waals surface area contributed by atoms with Crippen molar-refractivity contribution in [1.82, 2.24) is 14.4 Å². The van der Waals surface area contributed by atoms with E-state index in [-0.39, 0.29) is 12.3 Å². The Labute approximate surface area is 130 Å². The Bertz CT molecular complexity index is 554. The maximum Gasteiger partial charge on any atom is 0.317 e. The van der Waals surface area contributed by atoms with Crippen molar-refractivity contribution in [2.24, 2.45) is 0 Å². The van der Waals surface area contributed by atoms with Gasteiger partial charge in [0.05, 0.1) is 12.7 Å². The third kappa shape index (κ3) is 6.28. The molecule has 0 saturated heterocycles. The van der Waals surface area contributed by atoms with E-state index in [0.717, 1.165) is 19.4 Å². The number of aromatic nitrogens is 1. The maximum absolute atomic E-state index is 11.6. The molecule has 0 atom stereocenters. The Morgan fingerprint density at radius 1 is 1.27 bits per heavy atom. The van der Waals surface area contributed by atoms with Crippen LogP contribution in [0.5, 0.6) is 5.75 Å². The van der Waals surface area contributed by atoms with E-state index in [9.17, 15) is 14.7 Å². The first-order valence-corrected chi connectivity index (χ1v) is 7.27. The predicted molar refractivity (Wildman–Crippen MR) is 84.1 cm³/mol. The van der Waals surface area contributed by atoms with Crippen molar-refractivity contribution in [3.05, 3.63) is 28.2 Å². The molecule has 22 heavy (non-hydrogen) atoms. The number of likely N-dealkylation sites (N-methyl/N-ethyl adjacent to an activating group) is 1. The van der Waals surface area contributed by atoms with Crippen LogP contribution in [0.4, 0.5) is 0 Å². The van der Waals surface area contributed by atoms with Crippen LogP contribution in [0.2, 0.25) is 0 Å². The van der Waals surface area contributed by atoms with Crippen molar-refractivity contribution in [2.45, 2.75) is 25.9 Å². The first-order chi connectivity index (χ1) is 10.3. The van der Waals surface area contributed by atoms with Gasteiger partial charge < -0.3 is 19.7 Å². The molecule has 7 heteroatoms. The number of carboxylic acid groups (broad SMARTS) is 1. The van der Waals surface area contributed by atoms with Gasteiger partial charge in [-0.2, -0.15) is 0 Å². The van der Waals surface area contributed by atoms with Gasteiger partial charge in [-0.05, 0) is 40.5 Å². The minimum atomic E-state index is -0.916. The van der Waals surface area contributed by atoms with Gasteiger partial charge in [0.25, 0.3) is 0 Å². The summed E-state index contributed by atoms with van der Waals surface area (Å²) in [6.07, 6.45) is 3.35. The van der Waals surface area contributed by atoms with E-state index in [2.05, 4.69) is 4.90 Å². The van der Waals surface area contributed by atoms with Gasteiger partial charge in [0.2, 0.25) is 5.43 Å². The highest BCUT2D eigenvalue weighted by molar-refractivity contribution is 5.69. The average Bonchev–Trinajstić information content (AvgIpc) is 2.38. The molecule has 0 aromatic carbocycles. The number of carboxylic acids is 1. The van der Waals surface area contributed by atoms with Crippen molar-refractivity contribution >= 4 is 5.97 Å². The van der Waals surface area contributed by atoms with E-state index in [1.54, 1.807) is 11.9 Å². The first-order valence-electron chi connectivity index (χ1n) is 7.27. The lowest BCUT2D eigenvalue weighted by atomic mass is 10.2. The summed E-state index contributed by atoms with van der Waals surface area (Å²) in [6.45, 7) is 1.89. The fourth-order valence-corrected chi connectivity index (χ4v) is 2.22. The summed E-state index contributed by atoms with van der Waals surface area (Å²) >= 11 is 0. The van der Waals surface area contributed by atoms with E-state index in [1.807, 2.05) is 18.7 Å². The molecule has 0 spiro atoms. The largest absolute Gasteiger partial charge is 0.503 e. The monoisotopic (exact) mass is 311 g/mol. The van der Waals surface area contributed by atoms with Gasteiger partial charge in [0, 0.05) is 24.8 Å². The molecule has 2 N–H and O–H groups in total. The van der Waals surface area contributed by atoms with Gasteiger partial charge in [-0.3, -0.25) is 14.5 Å². The zero-order chi connectivity index (χ0) is 16.7. The molecule has 0 aliphatic heterocycles. The molecular formula is C15H25N3O4. The summed E-state index contributed by atoms with van der Waals surface area (Å²) in [6, 6.07) is 1.37. The van der Waals surface area contributed by atoms with Crippen LogP contribution < -0.4 is 5.43 Å². The number of aliphatic carboxylic acids is 1. The lowest BCUT2D eigenvalue weighted by Gasteiger charge is -2.19. The number of rotatable bonds is 9. The Morgan fingerprint density at radius 2 is 1.95 bits per heavy atom. The summed E-state index contributed by atoms with van der Waals surface area (Å²) in [5.74, 6) is -1.20. The summed E-state index contributed by atoms with van der Waals surface area (Å²) in [4.78, 5) is 26.1. The summed E-state index contributed by atoms with van der Waals surface area (Å²) in [7, 11) is 5.71. The predicted octanol–water partition coefficient (Wildman–Crippen LogP) is 0.412. The van der Waals surface area contributed by atoms with Gasteiger partial charge in [-0.25, -0.2) is 0 Å². The van der Waals surface area contributed by atoms with E-state index >= 15 is 0 Å². The molecule has 0 saturated carbocycles. The molecule has 7 nitrogen and oxygen atoms in total. The van der Waals surface area contributed by atoms with Crippen molar-refractivity contribution in [3.8, 4) is 5.75 Å². The van der Waals surface area contributed by atoms with Crippen molar-refractivity contribution in [2.75, 3.05) is 34.2 Å². The van der Waals surface area contributed by atoms with Crippen molar-refractivity contribution in [1.29, 1.82) is 0 Å². The molecule has 1 aromatic rings. The quantitative estimate of drug-likeness (QED) is 0.643. The molecule has 0 aliphatic rings. The highest BCUT2D eigenvalue weighted by Crippen LogP contribution is 2.09. The van der Waals surface area contributed by atoms with Crippen LogP contribution in [0.1, 0.15) is 18.5 Å². The van der Waals surface area contributed by atoms with Gasteiger partial charge in [0.1, 0.15) is 0 Å². The molecule has 0 fully saturated rings. The lowest BCUT2D eigenvalue weighted by Crippen LogP contribution is -2.27. The summed E-state index contributed by atoms with van der Waals surface area (Å²) < 4.78 is 1.82. The molecule has 0 radical (unpaired) electrons. The standard InChI is InChI=1S/C15H25N3O4/c1-16(2)6-4-5-7-18-10-14(20)13(19)8-12(18)9-17(3)11-15(21)22/h8,10,20H,4-7,9,11H2,1-3H3,(H,21,22). The molecule has 0 bridgehead atoms. The van der Waals surface area contributed by atoms with Crippen LogP contribution in [0.25, 0.3) is 0 Å². The number of unbranched alkanes of at least 4 members (excludes halogenated alkanes) is 1. The molecule has 1 aromatic heterocycles. The average molecular weight is 311 g/mol. The number of hydrogen-bond donors (Lipinski definition) is 2. The molecule has 0 unspecified atom stereocenters. The van der Waals surface area contributed by atoms with E-state index < -0.39 is 11.4 Å². The number of pyridine rings is 1. The van der Waals surface area contributed by atoms with Crippen LogP contribution in [0.15, 0.2) is 17.1 Å². The number of carbonyl (C=O) groups is 1. The Morgan fingerprint density at radius 3 is 2.55 bits per heavy atom. The van der Waals surface area contributed by atoms with Crippen LogP contribution >= 0.6 is 0 Å². The molecular weight excluding hydrogens is 286 g/mol. The highest BCUT2D eigenvalue weighted by atomic mass is 16.4. The second kappa shape index (κ2) is 8.55. The molecule has 0 amide bonds. The minimum absolute atomic E-state index is 0.101. The van der Waals surface area contributed by atoms with Gasteiger partial charge in [-0.15, -0.1) is 0 Å². The number of hydrogen-bond acceptors (Lipinski definition) is 5. The van der Waals surface area contributed by atoms with E-state index in [1.165, 1.54) is 12.3 Å². The van der Waals surface area contributed by atoms with Gasteiger partial charge in [-0.1, -0.05) is 0 Å². The smallest absolute Gasteiger partial charge is 0.317 e. The molecule has 1 heterocycles. The fourth-order valence-electron chi connectivity index (χ4n) is 2.22. The maximum atomic E-state index is 11.6. The Kier molecular flexibility index (Phi) is 7.07. The number of aryl methyl sites for hydroxylation is 1. The third-order valence-corrected chi connectivity index (χ3v) is 3.29. The summed E-state index contributed by atoms with van der Waals surface area (Å²) in [5.41, 5.74) is 0.264. The topological polar surface area (TPSA) is 86.0 Å². The highest BCUT2D eigenvalue weighted by Gasteiger charge is 2.10. The zero-order valence-corrected chi connectivity index (χ0v) is 13.4. The first kappa shape index (κ1) is 18.2. The Hall–Kier alpha value is -1.86. The van der Waals surface area contributed by atoms with Gasteiger partial charge in [0.15, 0.2) is 5.75 Å². The van der Waals surface area contributed by atoms with Crippen molar-refractivity contribution in [3.63, 3.8) is 0 Å². The van der Waals surface area contributed by atoms with Gasteiger partial charge >= 0.3 is 5.97 Å². The molecule has 124 valence electrons. The van der Waals surface area contributed by atoms with Crippen LogP contribution in [-0.2, 0) is 17.9 Å². The number of nitrogens with zero attached hydrogens (tertiary/aromatic N) is 3. The van der Waals surface area contributed by atoms with E-state index in [4.69, 9.17) is 5.11 Å². The van der Waals surface area contributed by atoms with Crippen LogP contribution in [-0.4, -0.2) is 64.8 Å². The van der Waals surface area contributed by atoms with E-state index in [0.29, 0.717) is 18.8 Å². The fraction of sp³-hybridized carbons (Fsp3) is 0.600. The minimum Gasteiger partial charge on any atom is -0.503 e. The number of aromatic hydroxyl groups is 1. The van der Waals surface area contributed by atoms with Crippen LogP contribution in [0, 0.1) is 0 Å².